The van der Waals surface area contributed by atoms with Gasteiger partial charge < -0.3 is 28.4 Å². The van der Waals surface area contributed by atoms with Crippen LogP contribution in [-0.4, -0.2) is 65.4 Å². The number of piperazine rings is 1. The van der Waals surface area contributed by atoms with Gasteiger partial charge in [0.25, 0.3) is 5.79 Å². The molecule has 3 fully saturated rings. The summed E-state index contributed by atoms with van der Waals surface area (Å²) < 4.78 is 40.6. The van der Waals surface area contributed by atoms with Gasteiger partial charge in [-0.3, -0.25) is 4.90 Å². The average Bonchev–Trinajstić information content (AvgIpc) is 3.51. The van der Waals surface area contributed by atoms with Gasteiger partial charge in [-0.05, 0) is 67.8 Å². The first-order valence-electron chi connectivity index (χ1n) is 15.5. The van der Waals surface area contributed by atoms with Crippen LogP contribution in [0.25, 0.3) is 11.0 Å². The van der Waals surface area contributed by atoms with Gasteiger partial charge in [0.1, 0.15) is 11.6 Å². The van der Waals surface area contributed by atoms with Crippen molar-refractivity contribution in [2.24, 2.45) is 0 Å². The molecule has 4 aliphatic rings. The van der Waals surface area contributed by atoms with E-state index in [1.54, 1.807) is 25.1 Å². The Morgan fingerprint density at radius 2 is 1.93 bits per heavy atom. The normalized spacial score (nSPS) is 25.5. The minimum absolute atomic E-state index is 0.144. The Kier molecular flexibility index (Phi) is 6.92. The molecule has 0 N–H and O–H groups in total. The Balaban J connectivity index is 1.05. The molecule has 4 aromatic rings. The van der Waals surface area contributed by atoms with E-state index in [1.807, 2.05) is 24.3 Å². The minimum atomic E-state index is -1.30. The van der Waals surface area contributed by atoms with E-state index >= 15 is 0 Å². The fourth-order valence-electron chi connectivity index (χ4n) is 7.18. The van der Waals surface area contributed by atoms with Gasteiger partial charge in [0.2, 0.25) is 0 Å². The number of halogens is 2. The number of hydrogen-bond donors (Lipinski definition) is 0. The fraction of sp³-hybridized carbons (Fsp3) is 0.412. The number of benzene rings is 3. The molecule has 3 aromatic carbocycles. The molecule has 4 atom stereocenters. The lowest BCUT2D eigenvalue weighted by molar-refractivity contribution is -0.0706. The van der Waals surface area contributed by atoms with E-state index in [-0.39, 0.29) is 12.1 Å². The zero-order chi connectivity index (χ0) is 30.9. The van der Waals surface area contributed by atoms with Gasteiger partial charge in [-0.2, -0.15) is 0 Å². The number of ether oxygens (including phenoxy) is 4. The number of fused-ring (bicyclic) bond motifs is 3. The summed E-state index contributed by atoms with van der Waals surface area (Å²) in [5.41, 5.74) is 3.55. The van der Waals surface area contributed by atoms with Crippen LogP contribution in [0, 0.1) is 5.82 Å². The van der Waals surface area contributed by atoms with Gasteiger partial charge in [0.15, 0.2) is 11.5 Å². The number of imidazole rings is 1. The van der Waals surface area contributed by atoms with Crippen molar-refractivity contribution in [1.29, 1.82) is 0 Å². The summed E-state index contributed by atoms with van der Waals surface area (Å²) in [6.07, 6.45) is 3.30. The first-order valence-corrected chi connectivity index (χ1v) is 15.9. The number of anilines is 1. The van der Waals surface area contributed by atoms with E-state index in [1.165, 1.54) is 13.2 Å². The van der Waals surface area contributed by atoms with E-state index < -0.39 is 11.6 Å². The van der Waals surface area contributed by atoms with Crippen LogP contribution in [0.15, 0.2) is 54.6 Å². The van der Waals surface area contributed by atoms with Gasteiger partial charge in [0, 0.05) is 43.7 Å². The zero-order valence-electron chi connectivity index (χ0n) is 25.2. The second-order valence-electron chi connectivity index (χ2n) is 12.4. The van der Waals surface area contributed by atoms with Crippen molar-refractivity contribution in [3.05, 3.63) is 82.4 Å². The summed E-state index contributed by atoms with van der Waals surface area (Å²) in [7, 11) is 1.40. The summed E-state index contributed by atoms with van der Waals surface area (Å²) in [6, 6.07) is 16.6. The summed E-state index contributed by atoms with van der Waals surface area (Å²) >= 11 is 6.01. The number of aromatic nitrogens is 2. The molecule has 3 aliphatic heterocycles. The second kappa shape index (κ2) is 10.9. The molecule has 0 amide bonds. The third-order valence-electron chi connectivity index (χ3n) is 9.76. The van der Waals surface area contributed by atoms with Crippen LogP contribution in [0.1, 0.15) is 47.9 Å². The molecule has 1 aliphatic carbocycles. The van der Waals surface area contributed by atoms with Crippen molar-refractivity contribution in [2.45, 2.75) is 63.3 Å². The summed E-state index contributed by atoms with van der Waals surface area (Å²) in [5.74, 6) is 0.0754. The molecule has 0 spiro atoms. The van der Waals surface area contributed by atoms with Crippen LogP contribution in [0.4, 0.5) is 10.1 Å². The van der Waals surface area contributed by atoms with Gasteiger partial charge in [0.05, 0.1) is 54.2 Å². The predicted molar refractivity (Wildman–Crippen MR) is 166 cm³/mol. The number of esters is 1. The largest absolute Gasteiger partial charge is 0.465 e. The molecule has 0 radical (unpaired) electrons. The van der Waals surface area contributed by atoms with Crippen molar-refractivity contribution in [1.82, 2.24) is 14.5 Å². The lowest BCUT2D eigenvalue weighted by Gasteiger charge is -2.54. The zero-order valence-corrected chi connectivity index (χ0v) is 25.9. The van der Waals surface area contributed by atoms with Crippen LogP contribution >= 0.6 is 11.6 Å². The molecular formula is C34H34ClFN4O5. The van der Waals surface area contributed by atoms with Crippen molar-refractivity contribution in [3.8, 4) is 11.5 Å². The van der Waals surface area contributed by atoms with Crippen LogP contribution in [0.3, 0.4) is 0 Å². The van der Waals surface area contributed by atoms with Gasteiger partial charge in [-0.1, -0.05) is 17.7 Å². The van der Waals surface area contributed by atoms with Crippen molar-refractivity contribution in [3.63, 3.8) is 0 Å². The van der Waals surface area contributed by atoms with Gasteiger partial charge in [-0.25, -0.2) is 14.2 Å². The Morgan fingerprint density at radius 1 is 1.09 bits per heavy atom. The molecule has 0 bridgehead atoms. The Hall–Kier alpha value is -3.86. The lowest BCUT2D eigenvalue weighted by Crippen LogP contribution is -2.64. The van der Waals surface area contributed by atoms with Gasteiger partial charge >= 0.3 is 5.97 Å². The van der Waals surface area contributed by atoms with Crippen LogP contribution in [0.2, 0.25) is 5.02 Å². The van der Waals surface area contributed by atoms with Crippen LogP contribution < -0.4 is 14.4 Å². The number of para-hydroxylation sites is 1. The number of nitrogens with zero attached hydrogens (tertiary/aromatic N) is 4. The molecule has 11 heteroatoms. The maximum Gasteiger partial charge on any atom is 0.337 e. The molecule has 1 unspecified atom stereocenters. The fourth-order valence-corrected chi connectivity index (χ4v) is 7.34. The molecule has 9 nitrogen and oxygen atoms in total. The quantitative estimate of drug-likeness (QED) is 0.233. The van der Waals surface area contributed by atoms with Crippen LogP contribution in [0.5, 0.6) is 11.5 Å². The number of methoxy groups -OCH3 is 1. The smallest absolute Gasteiger partial charge is 0.337 e. The van der Waals surface area contributed by atoms with E-state index in [0.717, 1.165) is 61.5 Å². The summed E-state index contributed by atoms with van der Waals surface area (Å²) in [5, 5.41) is 0.322. The molecule has 8 rings (SSSR count). The molecule has 234 valence electrons. The van der Waals surface area contributed by atoms with Crippen molar-refractivity contribution < 1.29 is 28.1 Å². The number of carbonyl (C=O) groups is 1. The highest BCUT2D eigenvalue weighted by atomic mass is 35.5. The van der Waals surface area contributed by atoms with Crippen LogP contribution in [-0.2, 0) is 28.4 Å². The molecule has 4 heterocycles. The average molecular weight is 633 g/mol. The highest BCUT2D eigenvalue weighted by Crippen LogP contribution is 2.51. The van der Waals surface area contributed by atoms with E-state index in [0.29, 0.717) is 52.8 Å². The van der Waals surface area contributed by atoms with Crippen molar-refractivity contribution in [2.75, 3.05) is 31.7 Å². The van der Waals surface area contributed by atoms with E-state index in [4.69, 9.17) is 35.5 Å². The first kappa shape index (κ1) is 28.6. The maximum atomic E-state index is 14.9. The highest BCUT2D eigenvalue weighted by Gasteiger charge is 2.47. The molecule has 2 saturated heterocycles. The van der Waals surface area contributed by atoms with E-state index in [2.05, 4.69) is 20.4 Å². The summed E-state index contributed by atoms with van der Waals surface area (Å²) in [6.45, 7) is 5.55. The molecule has 1 saturated carbocycles. The predicted octanol–water partition coefficient (Wildman–Crippen LogP) is 5.90. The van der Waals surface area contributed by atoms with E-state index in [9.17, 15) is 9.18 Å². The number of hydrogen-bond acceptors (Lipinski definition) is 8. The SMILES string of the molecule is COC(=O)c1ccc2nc(CN3CCN(c4cccc5c4OC(C)(c4ccc(Cl)cc4F)O5)[C@H]4CC[C@@H]43)n(C[C@@H]3CCO3)c2c1. The second-order valence-corrected chi connectivity index (χ2v) is 12.8. The maximum absolute atomic E-state index is 14.9. The highest BCUT2D eigenvalue weighted by molar-refractivity contribution is 6.30. The third kappa shape index (κ3) is 4.81. The lowest BCUT2D eigenvalue weighted by atomic mass is 9.81. The number of carbonyl (C=O) groups excluding carboxylic acids is 1. The minimum Gasteiger partial charge on any atom is -0.465 e. The van der Waals surface area contributed by atoms with Gasteiger partial charge in [-0.15, -0.1) is 0 Å². The Labute approximate surface area is 265 Å². The summed E-state index contributed by atoms with van der Waals surface area (Å²) in [4.78, 5) is 22.3. The molecular weight excluding hydrogens is 599 g/mol. The molecule has 1 aromatic heterocycles. The van der Waals surface area contributed by atoms with Crippen molar-refractivity contribution >= 4 is 34.3 Å². The first-order chi connectivity index (χ1) is 21.8. The third-order valence-corrected chi connectivity index (χ3v) is 10.00. The molecule has 45 heavy (non-hydrogen) atoms. The number of rotatable bonds is 7. The standard InChI is InChI=1S/C34H34ClFN4O5/c1-34(23-8-7-21(35)17-24(23)36)44-30-5-3-4-28(32(30)45-34)39-14-13-38(26-10-11-27(26)39)19-31-37-25-9-6-20(33(41)42-2)16-29(25)40(31)18-22-12-15-43-22/h3-9,16-17,22,26-27H,10-15,18-19H2,1-2H3/t22-,26-,27-,34?/m0/s1. The topological polar surface area (TPSA) is 78.3 Å². The Morgan fingerprint density at radius 3 is 2.67 bits per heavy atom. The monoisotopic (exact) mass is 632 g/mol. The Bertz CT molecular complexity index is 1810.